The van der Waals surface area contributed by atoms with Crippen LogP contribution in [-0.4, -0.2) is 47.5 Å². The van der Waals surface area contributed by atoms with Crippen LogP contribution in [0.15, 0.2) is 12.1 Å². The van der Waals surface area contributed by atoms with Crippen LogP contribution in [0, 0.1) is 10.1 Å². The highest BCUT2D eigenvalue weighted by Crippen LogP contribution is 2.36. The molecule has 116 valence electrons. The van der Waals surface area contributed by atoms with Crippen molar-refractivity contribution in [1.29, 1.82) is 0 Å². The summed E-state index contributed by atoms with van der Waals surface area (Å²) >= 11 is 0. The Kier molecular flexibility index (Phi) is 4.62. The van der Waals surface area contributed by atoms with Crippen molar-refractivity contribution >= 4 is 17.3 Å². The molecule has 1 aliphatic rings. The predicted molar refractivity (Wildman–Crippen MR) is 83.8 cm³/mol. The highest BCUT2D eigenvalue weighted by Gasteiger charge is 2.39. The summed E-state index contributed by atoms with van der Waals surface area (Å²) in [6.45, 7) is 3.36. The van der Waals surface area contributed by atoms with E-state index >= 15 is 0 Å². The zero-order valence-electron chi connectivity index (χ0n) is 12.8. The molecule has 1 aliphatic carbocycles. The molecule has 0 atom stereocenters. The van der Waals surface area contributed by atoms with E-state index in [2.05, 4.69) is 34.6 Å². The van der Waals surface area contributed by atoms with Gasteiger partial charge < -0.3 is 15.5 Å². The molecule has 21 heavy (non-hydrogen) atoms. The fraction of sp³-hybridized carbons (Fsp3) is 0.643. The van der Waals surface area contributed by atoms with E-state index < -0.39 is 4.92 Å². The minimum Gasteiger partial charge on any atom is -0.370 e. The molecule has 7 nitrogen and oxygen atoms in total. The number of anilines is 2. The van der Waals surface area contributed by atoms with Gasteiger partial charge in [-0.25, -0.2) is 4.98 Å². The van der Waals surface area contributed by atoms with Gasteiger partial charge in [0.15, 0.2) is 0 Å². The molecular formula is C14H23N5O2. The highest BCUT2D eigenvalue weighted by atomic mass is 16.6. The zero-order valence-corrected chi connectivity index (χ0v) is 12.8. The summed E-state index contributed by atoms with van der Waals surface area (Å²) in [7, 11) is 4.11. The molecule has 2 rings (SSSR count). The SMILES string of the molecule is CCNc1ccc([N+](=O)[O-])c(NCC2(N(C)C)CCC2)n1. The summed E-state index contributed by atoms with van der Waals surface area (Å²) in [6, 6.07) is 3.13. The van der Waals surface area contributed by atoms with Crippen molar-refractivity contribution in [3.05, 3.63) is 22.2 Å². The van der Waals surface area contributed by atoms with E-state index in [0.29, 0.717) is 18.2 Å². The Labute approximate surface area is 124 Å². The summed E-state index contributed by atoms with van der Waals surface area (Å²) in [5.74, 6) is 0.990. The van der Waals surface area contributed by atoms with E-state index in [1.165, 1.54) is 12.5 Å². The Morgan fingerprint density at radius 3 is 2.57 bits per heavy atom. The number of pyridine rings is 1. The van der Waals surface area contributed by atoms with Crippen LogP contribution in [0.4, 0.5) is 17.3 Å². The summed E-state index contributed by atoms with van der Waals surface area (Å²) in [5, 5.41) is 17.4. The van der Waals surface area contributed by atoms with Gasteiger partial charge in [0.25, 0.3) is 0 Å². The van der Waals surface area contributed by atoms with Gasteiger partial charge in [-0.05, 0) is 46.3 Å². The molecule has 1 fully saturated rings. The molecule has 2 N–H and O–H groups in total. The number of likely N-dealkylation sites (N-methyl/N-ethyl adjacent to an activating group) is 1. The highest BCUT2D eigenvalue weighted by molar-refractivity contribution is 5.60. The monoisotopic (exact) mass is 293 g/mol. The average Bonchev–Trinajstić information content (AvgIpc) is 2.37. The molecule has 0 spiro atoms. The van der Waals surface area contributed by atoms with Crippen molar-refractivity contribution in [2.24, 2.45) is 0 Å². The third kappa shape index (κ3) is 3.24. The van der Waals surface area contributed by atoms with Gasteiger partial charge in [0.05, 0.1) is 4.92 Å². The normalized spacial score (nSPS) is 16.4. The minimum atomic E-state index is -0.395. The fourth-order valence-electron chi connectivity index (χ4n) is 2.62. The molecule has 1 saturated carbocycles. The van der Waals surface area contributed by atoms with E-state index in [-0.39, 0.29) is 11.2 Å². The quantitative estimate of drug-likeness (QED) is 0.593. The molecule has 0 aliphatic heterocycles. The Balaban J connectivity index is 2.17. The second-order valence-corrected chi connectivity index (χ2v) is 5.68. The van der Waals surface area contributed by atoms with Crippen LogP contribution in [0.2, 0.25) is 0 Å². The molecule has 0 bridgehead atoms. The molecule has 0 radical (unpaired) electrons. The number of aromatic nitrogens is 1. The van der Waals surface area contributed by atoms with Crippen LogP contribution in [0.1, 0.15) is 26.2 Å². The van der Waals surface area contributed by atoms with Gasteiger partial charge in [-0.1, -0.05) is 0 Å². The average molecular weight is 293 g/mol. The van der Waals surface area contributed by atoms with E-state index in [4.69, 9.17) is 0 Å². The van der Waals surface area contributed by atoms with Gasteiger partial charge in [-0.2, -0.15) is 0 Å². The van der Waals surface area contributed by atoms with Crippen LogP contribution in [-0.2, 0) is 0 Å². The summed E-state index contributed by atoms with van der Waals surface area (Å²) < 4.78 is 0. The Bertz CT molecular complexity index is 514. The van der Waals surface area contributed by atoms with Crippen molar-refractivity contribution in [2.45, 2.75) is 31.7 Å². The van der Waals surface area contributed by atoms with E-state index in [1.54, 1.807) is 6.07 Å². The third-order valence-corrected chi connectivity index (χ3v) is 4.25. The van der Waals surface area contributed by atoms with E-state index in [0.717, 1.165) is 19.4 Å². The first-order valence-electron chi connectivity index (χ1n) is 7.29. The van der Waals surface area contributed by atoms with Gasteiger partial charge in [-0.15, -0.1) is 0 Å². The summed E-state index contributed by atoms with van der Waals surface area (Å²) in [5.41, 5.74) is 0.105. The molecular weight excluding hydrogens is 270 g/mol. The molecule has 1 aromatic heterocycles. The van der Waals surface area contributed by atoms with Crippen molar-refractivity contribution in [1.82, 2.24) is 9.88 Å². The fourth-order valence-corrected chi connectivity index (χ4v) is 2.62. The first-order chi connectivity index (χ1) is 9.98. The van der Waals surface area contributed by atoms with Gasteiger partial charge in [0, 0.05) is 24.7 Å². The molecule has 7 heteroatoms. The second-order valence-electron chi connectivity index (χ2n) is 5.68. The lowest BCUT2D eigenvalue weighted by Crippen LogP contribution is -2.54. The van der Waals surface area contributed by atoms with Crippen LogP contribution in [0.25, 0.3) is 0 Å². The van der Waals surface area contributed by atoms with Gasteiger partial charge in [0.1, 0.15) is 5.82 Å². The van der Waals surface area contributed by atoms with Crippen LogP contribution in [0.5, 0.6) is 0 Å². The van der Waals surface area contributed by atoms with Crippen molar-refractivity contribution < 1.29 is 4.92 Å². The maximum atomic E-state index is 11.1. The smallest absolute Gasteiger partial charge is 0.311 e. The third-order valence-electron chi connectivity index (χ3n) is 4.25. The van der Waals surface area contributed by atoms with E-state index in [9.17, 15) is 10.1 Å². The predicted octanol–water partition coefficient (Wildman–Crippen LogP) is 2.32. The lowest BCUT2D eigenvalue weighted by atomic mass is 9.75. The first-order valence-corrected chi connectivity index (χ1v) is 7.29. The summed E-state index contributed by atoms with van der Waals surface area (Å²) in [6.07, 6.45) is 3.41. The number of rotatable bonds is 7. The number of hydrogen-bond acceptors (Lipinski definition) is 6. The Morgan fingerprint density at radius 1 is 1.38 bits per heavy atom. The standard InChI is InChI=1S/C14H23N5O2/c1-4-15-12-7-6-11(19(20)21)13(17-12)16-10-14(18(2)3)8-5-9-14/h6-7H,4-5,8-10H2,1-3H3,(H2,15,16,17). The van der Waals surface area contributed by atoms with Crippen LogP contribution >= 0.6 is 0 Å². The van der Waals surface area contributed by atoms with Gasteiger partial charge in [0.2, 0.25) is 5.82 Å². The van der Waals surface area contributed by atoms with Crippen LogP contribution in [0.3, 0.4) is 0 Å². The minimum absolute atomic E-state index is 0.0184. The zero-order chi connectivity index (χ0) is 15.5. The van der Waals surface area contributed by atoms with Gasteiger partial charge >= 0.3 is 5.69 Å². The van der Waals surface area contributed by atoms with Gasteiger partial charge in [-0.3, -0.25) is 10.1 Å². The topological polar surface area (TPSA) is 83.3 Å². The largest absolute Gasteiger partial charge is 0.370 e. The van der Waals surface area contributed by atoms with Crippen LogP contribution < -0.4 is 10.6 Å². The lowest BCUT2D eigenvalue weighted by Gasteiger charge is -2.47. The van der Waals surface area contributed by atoms with Crippen molar-refractivity contribution in [3.63, 3.8) is 0 Å². The maximum Gasteiger partial charge on any atom is 0.311 e. The van der Waals surface area contributed by atoms with Crippen molar-refractivity contribution in [2.75, 3.05) is 37.8 Å². The number of nitrogens with one attached hydrogen (secondary N) is 2. The number of hydrogen-bond donors (Lipinski definition) is 2. The molecule has 1 heterocycles. The number of nitrogens with zero attached hydrogens (tertiary/aromatic N) is 3. The first kappa shape index (κ1) is 15.5. The maximum absolute atomic E-state index is 11.1. The summed E-state index contributed by atoms with van der Waals surface area (Å²) in [4.78, 5) is 17.3. The Hall–Kier alpha value is -1.89. The molecule has 0 aromatic carbocycles. The van der Waals surface area contributed by atoms with Crippen molar-refractivity contribution in [3.8, 4) is 0 Å². The molecule has 1 aromatic rings. The molecule has 0 saturated heterocycles. The molecule has 0 unspecified atom stereocenters. The Morgan fingerprint density at radius 2 is 2.10 bits per heavy atom. The van der Waals surface area contributed by atoms with E-state index in [1.807, 2.05) is 6.92 Å². The molecule has 0 amide bonds. The lowest BCUT2D eigenvalue weighted by molar-refractivity contribution is -0.384. The number of nitro groups is 1. The second kappa shape index (κ2) is 6.26.